The normalized spacial score (nSPS) is 11.0. The molecular weight excluding hydrogens is 472 g/mol. The number of benzene rings is 6. The van der Waals surface area contributed by atoms with E-state index < -0.39 is 11.6 Å². The van der Waals surface area contributed by atoms with E-state index in [1.807, 2.05) is 72.8 Å². The van der Waals surface area contributed by atoms with Crippen molar-refractivity contribution in [2.24, 2.45) is 0 Å². The lowest BCUT2D eigenvalue weighted by Gasteiger charge is -2.23. The Balaban J connectivity index is 1.56. The second-order valence-corrected chi connectivity index (χ2v) is 9.31. The number of anilines is 2. The Hall–Kier alpha value is -4.76. The molecule has 0 amide bonds. The van der Waals surface area contributed by atoms with E-state index >= 15 is 4.39 Å². The van der Waals surface area contributed by atoms with Gasteiger partial charge in [0.05, 0.1) is 11.4 Å². The van der Waals surface area contributed by atoms with E-state index in [0.29, 0.717) is 16.9 Å². The number of rotatable bonds is 5. The molecule has 0 saturated heterocycles. The highest BCUT2D eigenvalue weighted by Crippen LogP contribution is 2.41. The van der Waals surface area contributed by atoms with E-state index in [2.05, 4.69) is 30.3 Å². The molecule has 0 aromatic heterocycles. The van der Waals surface area contributed by atoms with Crippen LogP contribution in [0.15, 0.2) is 133 Å². The van der Waals surface area contributed by atoms with Crippen LogP contribution in [0, 0.1) is 11.6 Å². The minimum absolute atomic E-state index is 0.306. The quantitative estimate of drug-likeness (QED) is 0.229. The Bertz CT molecular complexity index is 1750. The zero-order valence-corrected chi connectivity index (χ0v) is 20.9. The highest BCUT2D eigenvalue weighted by molar-refractivity contribution is 5.98. The van der Waals surface area contributed by atoms with Crippen molar-refractivity contribution in [3.63, 3.8) is 0 Å². The molecule has 6 aromatic rings. The second kappa shape index (κ2) is 9.95. The van der Waals surface area contributed by atoms with Crippen LogP contribution in [0.2, 0.25) is 0 Å². The predicted molar refractivity (Wildman–Crippen MR) is 155 cm³/mol. The summed E-state index contributed by atoms with van der Waals surface area (Å²) in [6.45, 7) is 0. The summed E-state index contributed by atoms with van der Waals surface area (Å²) in [7, 11) is 1.69. The van der Waals surface area contributed by atoms with E-state index in [9.17, 15) is 4.39 Å². The minimum Gasteiger partial charge on any atom is -0.340 e. The molecule has 0 unspecified atom stereocenters. The van der Waals surface area contributed by atoms with Crippen LogP contribution >= 0.6 is 0 Å². The summed E-state index contributed by atoms with van der Waals surface area (Å²) in [5.74, 6) is -0.798. The van der Waals surface area contributed by atoms with Crippen LogP contribution in [-0.4, -0.2) is 7.05 Å². The van der Waals surface area contributed by atoms with Gasteiger partial charge in [0.1, 0.15) is 5.82 Å². The molecule has 0 atom stereocenters. The van der Waals surface area contributed by atoms with Gasteiger partial charge in [0.25, 0.3) is 0 Å². The first kappa shape index (κ1) is 23.6. The van der Waals surface area contributed by atoms with Crippen LogP contribution in [0.1, 0.15) is 0 Å². The molecule has 38 heavy (non-hydrogen) atoms. The molecule has 0 bridgehead atoms. The molecule has 0 aliphatic heterocycles. The molecule has 0 fully saturated rings. The molecular formula is C35H25F2N. The lowest BCUT2D eigenvalue weighted by atomic mass is 9.90. The van der Waals surface area contributed by atoms with Gasteiger partial charge in [0, 0.05) is 12.6 Å². The Morgan fingerprint density at radius 1 is 0.500 bits per heavy atom. The number of para-hydroxylation sites is 1. The fourth-order valence-corrected chi connectivity index (χ4v) is 5.14. The van der Waals surface area contributed by atoms with Gasteiger partial charge in [-0.15, -0.1) is 0 Å². The summed E-state index contributed by atoms with van der Waals surface area (Å²) in [6, 6.07) is 42.4. The molecule has 6 aromatic carbocycles. The van der Waals surface area contributed by atoms with Crippen LogP contribution in [0.3, 0.4) is 0 Å². The van der Waals surface area contributed by atoms with Crippen molar-refractivity contribution in [1.29, 1.82) is 0 Å². The summed E-state index contributed by atoms with van der Waals surface area (Å²) in [5.41, 5.74) is 5.65. The number of hydrogen-bond acceptors (Lipinski definition) is 1. The van der Waals surface area contributed by atoms with Crippen molar-refractivity contribution < 1.29 is 8.78 Å². The van der Waals surface area contributed by atoms with Crippen molar-refractivity contribution in [2.45, 2.75) is 0 Å². The van der Waals surface area contributed by atoms with E-state index in [1.54, 1.807) is 36.2 Å². The molecule has 0 saturated carbocycles. The number of nitrogens with zero attached hydrogens (tertiary/aromatic N) is 1. The zero-order valence-electron chi connectivity index (χ0n) is 20.9. The number of halogens is 2. The standard InChI is InChI=1S/C35H25F2N/c1-38(32-20-8-7-19-31(32)36)33-22-21-30(25-11-3-2-4-12-25)34(35(33)37)27-16-9-15-26(23-27)29-18-10-14-24-13-5-6-17-28(24)29/h2-23H,1H3. The summed E-state index contributed by atoms with van der Waals surface area (Å²) in [6.07, 6.45) is 0. The van der Waals surface area contributed by atoms with Gasteiger partial charge >= 0.3 is 0 Å². The average molecular weight is 498 g/mol. The maximum Gasteiger partial charge on any atom is 0.155 e. The van der Waals surface area contributed by atoms with Gasteiger partial charge in [0.15, 0.2) is 5.82 Å². The SMILES string of the molecule is CN(c1ccccc1F)c1ccc(-c2ccccc2)c(-c2cccc(-c3cccc4ccccc34)c2)c1F. The Morgan fingerprint density at radius 3 is 2.00 bits per heavy atom. The van der Waals surface area contributed by atoms with Crippen molar-refractivity contribution >= 4 is 22.1 Å². The molecule has 1 nitrogen and oxygen atoms in total. The van der Waals surface area contributed by atoms with Crippen molar-refractivity contribution in [3.05, 3.63) is 145 Å². The minimum atomic E-state index is -0.402. The maximum absolute atomic E-state index is 16.6. The Labute approximate surface area is 221 Å². The Morgan fingerprint density at radius 2 is 1.16 bits per heavy atom. The van der Waals surface area contributed by atoms with Crippen LogP contribution in [0.25, 0.3) is 44.2 Å². The monoisotopic (exact) mass is 497 g/mol. The zero-order chi connectivity index (χ0) is 26.1. The fraction of sp³-hybridized carbons (Fsp3) is 0.0286. The molecule has 0 aliphatic rings. The topological polar surface area (TPSA) is 3.24 Å². The summed E-state index contributed by atoms with van der Waals surface area (Å²) in [5, 5.41) is 2.30. The van der Waals surface area contributed by atoms with E-state index in [-0.39, 0.29) is 0 Å². The predicted octanol–water partition coefficient (Wildman–Crippen LogP) is 9.89. The number of hydrogen-bond donors (Lipinski definition) is 0. The summed E-state index contributed by atoms with van der Waals surface area (Å²) in [4.78, 5) is 1.57. The third-order valence-electron chi connectivity index (χ3n) is 7.03. The van der Waals surface area contributed by atoms with Crippen molar-refractivity contribution in [2.75, 3.05) is 11.9 Å². The van der Waals surface area contributed by atoms with Gasteiger partial charge in [-0.2, -0.15) is 0 Å². The highest BCUT2D eigenvalue weighted by atomic mass is 19.1. The maximum atomic E-state index is 16.6. The lowest BCUT2D eigenvalue weighted by molar-refractivity contribution is 0.619. The van der Waals surface area contributed by atoms with Gasteiger partial charge in [-0.3, -0.25) is 0 Å². The van der Waals surface area contributed by atoms with Crippen molar-refractivity contribution in [1.82, 2.24) is 0 Å². The Kier molecular flexibility index (Phi) is 6.19. The third kappa shape index (κ3) is 4.22. The largest absolute Gasteiger partial charge is 0.340 e. The molecule has 6 rings (SSSR count). The number of fused-ring (bicyclic) bond motifs is 1. The highest BCUT2D eigenvalue weighted by Gasteiger charge is 2.21. The lowest BCUT2D eigenvalue weighted by Crippen LogP contribution is -2.13. The fourth-order valence-electron chi connectivity index (χ4n) is 5.14. The van der Waals surface area contributed by atoms with Crippen LogP contribution < -0.4 is 4.90 Å². The molecule has 0 radical (unpaired) electrons. The van der Waals surface area contributed by atoms with Crippen molar-refractivity contribution in [3.8, 4) is 33.4 Å². The summed E-state index contributed by atoms with van der Waals surface area (Å²) >= 11 is 0. The van der Waals surface area contributed by atoms with Gasteiger partial charge < -0.3 is 4.90 Å². The van der Waals surface area contributed by atoms with Crippen LogP contribution in [0.4, 0.5) is 20.2 Å². The first-order valence-electron chi connectivity index (χ1n) is 12.6. The smallest absolute Gasteiger partial charge is 0.155 e. The van der Waals surface area contributed by atoms with E-state index in [0.717, 1.165) is 38.6 Å². The summed E-state index contributed by atoms with van der Waals surface area (Å²) < 4.78 is 31.2. The van der Waals surface area contributed by atoms with E-state index in [4.69, 9.17) is 0 Å². The average Bonchev–Trinajstić information content (AvgIpc) is 2.97. The molecule has 184 valence electrons. The van der Waals surface area contributed by atoms with Gasteiger partial charge in [0.2, 0.25) is 0 Å². The molecule has 0 spiro atoms. The molecule has 3 heteroatoms. The molecule has 0 N–H and O–H groups in total. The first-order valence-corrected chi connectivity index (χ1v) is 12.6. The molecule has 0 aliphatic carbocycles. The van der Waals surface area contributed by atoms with Gasteiger partial charge in [-0.05, 0) is 62.9 Å². The second-order valence-electron chi connectivity index (χ2n) is 9.31. The third-order valence-corrected chi connectivity index (χ3v) is 7.03. The first-order chi connectivity index (χ1) is 18.6. The molecule has 0 heterocycles. The van der Waals surface area contributed by atoms with Crippen LogP contribution in [0.5, 0.6) is 0 Å². The van der Waals surface area contributed by atoms with Gasteiger partial charge in [-0.25, -0.2) is 8.78 Å². The van der Waals surface area contributed by atoms with E-state index in [1.165, 1.54) is 6.07 Å². The van der Waals surface area contributed by atoms with Crippen LogP contribution in [-0.2, 0) is 0 Å². The van der Waals surface area contributed by atoms with Gasteiger partial charge in [-0.1, -0.05) is 109 Å².